The van der Waals surface area contributed by atoms with Crippen LogP contribution in [-0.4, -0.2) is 29.5 Å². The number of hydrogen-bond donors (Lipinski definition) is 2. The van der Waals surface area contributed by atoms with Crippen molar-refractivity contribution < 1.29 is 28.3 Å². The first-order chi connectivity index (χ1) is 14.5. The van der Waals surface area contributed by atoms with Crippen molar-refractivity contribution >= 4 is 28.9 Å². The minimum absolute atomic E-state index is 0.153. The molecule has 2 N–H and O–H groups in total. The molecule has 3 aromatic rings. The van der Waals surface area contributed by atoms with Gasteiger partial charge in [-0.2, -0.15) is 0 Å². The SMILES string of the molecule is CCOC(=O)c1ccc(-[n+]2[nH]oc(=O)c2C(=O)/C=C2/C(=O)Nc3ccccc32)cc1. The van der Waals surface area contributed by atoms with E-state index in [1.54, 1.807) is 31.2 Å². The van der Waals surface area contributed by atoms with Crippen LogP contribution in [0.4, 0.5) is 5.69 Å². The minimum atomic E-state index is -0.891. The van der Waals surface area contributed by atoms with Gasteiger partial charge in [-0.05, 0) is 35.1 Å². The largest absolute Gasteiger partial charge is 0.462 e. The van der Waals surface area contributed by atoms with E-state index in [1.807, 2.05) is 0 Å². The van der Waals surface area contributed by atoms with Crippen LogP contribution in [0.3, 0.4) is 0 Å². The fourth-order valence-corrected chi connectivity index (χ4v) is 3.11. The Hall–Kier alpha value is -4.27. The number of H-pyrrole nitrogens is 1. The Morgan fingerprint density at radius 1 is 1.10 bits per heavy atom. The van der Waals surface area contributed by atoms with Crippen LogP contribution in [0.15, 0.2) is 63.9 Å². The molecule has 0 saturated heterocycles. The maximum Gasteiger partial charge on any atom is 0.439 e. The Balaban J connectivity index is 1.70. The van der Waals surface area contributed by atoms with Gasteiger partial charge in [-0.15, -0.1) is 0 Å². The van der Waals surface area contributed by atoms with Crippen molar-refractivity contribution in [3.8, 4) is 5.69 Å². The van der Waals surface area contributed by atoms with Crippen LogP contribution in [0.2, 0.25) is 0 Å². The second-order valence-electron chi connectivity index (χ2n) is 6.35. The summed E-state index contributed by atoms with van der Waals surface area (Å²) in [7, 11) is 0. The lowest BCUT2D eigenvalue weighted by molar-refractivity contribution is -0.672. The quantitative estimate of drug-likeness (QED) is 0.287. The number of carbonyl (C=O) groups is 3. The monoisotopic (exact) mass is 406 g/mol. The highest BCUT2D eigenvalue weighted by atomic mass is 16.5. The Morgan fingerprint density at radius 2 is 1.83 bits per heavy atom. The number of ketones is 1. The number of para-hydroxylation sites is 1. The van der Waals surface area contributed by atoms with E-state index in [0.29, 0.717) is 22.5 Å². The van der Waals surface area contributed by atoms with Gasteiger partial charge in [0.25, 0.3) is 11.7 Å². The fraction of sp³-hybridized carbons (Fsp3) is 0.0952. The van der Waals surface area contributed by atoms with E-state index in [1.165, 1.54) is 24.3 Å². The van der Waals surface area contributed by atoms with E-state index in [-0.39, 0.29) is 17.9 Å². The lowest BCUT2D eigenvalue weighted by Crippen LogP contribution is -2.40. The molecule has 9 heteroatoms. The third-order valence-electron chi connectivity index (χ3n) is 4.50. The summed E-state index contributed by atoms with van der Waals surface area (Å²) in [5.74, 6) is -1.63. The van der Waals surface area contributed by atoms with Gasteiger partial charge in [-0.1, -0.05) is 18.2 Å². The molecule has 0 spiro atoms. The zero-order valence-corrected chi connectivity index (χ0v) is 15.8. The molecular weight excluding hydrogens is 390 g/mol. The van der Waals surface area contributed by atoms with Crippen molar-refractivity contribution in [1.82, 2.24) is 5.27 Å². The molecule has 4 rings (SSSR count). The number of ether oxygens (including phenoxy) is 1. The molecule has 0 aliphatic carbocycles. The number of amides is 1. The van der Waals surface area contributed by atoms with Gasteiger partial charge in [-0.3, -0.25) is 14.1 Å². The standard InChI is InChI=1S/C21H15N3O6/c1-2-29-20(27)12-7-9-13(10-8-12)24-18(21(28)30-23-24)17(25)11-15-14-5-3-4-6-16(14)22-19(15)26/h3-11H,2H2,1H3,(H-,22,23,25,26,28)/p+1. The summed E-state index contributed by atoms with van der Waals surface area (Å²) >= 11 is 0. The van der Waals surface area contributed by atoms with E-state index in [2.05, 4.69) is 10.6 Å². The number of aromatic nitrogens is 2. The van der Waals surface area contributed by atoms with Gasteiger partial charge in [0.2, 0.25) is 5.69 Å². The molecule has 0 atom stereocenters. The zero-order chi connectivity index (χ0) is 21.3. The normalized spacial score (nSPS) is 13.8. The lowest BCUT2D eigenvalue weighted by Gasteiger charge is -2.00. The highest BCUT2D eigenvalue weighted by molar-refractivity contribution is 6.34. The summed E-state index contributed by atoms with van der Waals surface area (Å²) in [6.07, 6.45) is 1.10. The summed E-state index contributed by atoms with van der Waals surface area (Å²) in [5, 5.41) is 5.03. The first kappa shape index (κ1) is 19.1. The van der Waals surface area contributed by atoms with E-state index in [9.17, 15) is 19.2 Å². The Labute approximate surface area is 169 Å². The number of allylic oxidation sites excluding steroid dienone is 1. The van der Waals surface area contributed by atoms with Crippen LogP contribution < -0.4 is 15.6 Å². The molecule has 1 aliphatic rings. The van der Waals surface area contributed by atoms with Crippen LogP contribution in [0.1, 0.15) is 33.3 Å². The van der Waals surface area contributed by atoms with Gasteiger partial charge in [-0.25, -0.2) is 9.59 Å². The lowest BCUT2D eigenvalue weighted by atomic mass is 10.1. The maximum absolute atomic E-state index is 12.9. The molecule has 0 bridgehead atoms. The minimum Gasteiger partial charge on any atom is -0.462 e. The van der Waals surface area contributed by atoms with E-state index in [0.717, 1.165) is 10.8 Å². The average Bonchev–Trinajstić information content (AvgIpc) is 3.28. The average molecular weight is 406 g/mol. The number of nitrogens with one attached hydrogen (secondary N) is 2. The van der Waals surface area contributed by atoms with E-state index < -0.39 is 23.3 Å². The number of aromatic amines is 1. The Bertz CT molecular complexity index is 1250. The summed E-state index contributed by atoms with van der Waals surface area (Å²) in [4.78, 5) is 49.1. The van der Waals surface area contributed by atoms with Gasteiger partial charge in [0.1, 0.15) is 0 Å². The molecule has 0 fully saturated rings. The molecule has 1 aliphatic heterocycles. The highest BCUT2D eigenvalue weighted by Crippen LogP contribution is 2.31. The predicted octanol–water partition coefficient (Wildman–Crippen LogP) is 1.64. The first-order valence-corrected chi connectivity index (χ1v) is 9.07. The Morgan fingerprint density at radius 3 is 2.57 bits per heavy atom. The van der Waals surface area contributed by atoms with Crippen LogP contribution in [0.5, 0.6) is 0 Å². The van der Waals surface area contributed by atoms with E-state index >= 15 is 0 Å². The van der Waals surface area contributed by atoms with Gasteiger partial charge >= 0.3 is 17.3 Å². The second kappa shape index (κ2) is 7.63. The number of carbonyl (C=O) groups excluding carboxylic acids is 3. The third-order valence-corrected chi connectivity index (χ3v) is 4.50. The van der Waals surface area contributed by atoms with Gasteiger partial charge in [0.15, 0.2) is 0 Å². The first-order valence-electron chi connectivity index (χ1n) is 9.07. The predicted molar refractivity (Wildman–Crippen MR) is 104 cm³/mol. The van der Waals surface area contributed by atoms with Crippen molar-refractivity contribution in [2.45, 2.75) is 6.92 Å². The summed E-state index contributed by atoms with van der Waals surface area (Å²) in [5.41, 5.74) is 0.807. The van der Waals surface area contributed by atoms with Crippen LogP contribution in [-0.2, 0) is 9.53 Å². The van der Waals surface area contributed by atoms with Crippen LogP contribution >= 0.6 is 0 Å². The van der Waals surface area contributed by atoms with Crippen molar-refractivity contribution in [3.05, 3.63) is 81.8 Å². The van der Waals surface area contributed by atoms with Crippen LogP contribution in [0.25, 0.3) is 11.3 Å². The molecule has 1 aromatic heterocycles. The second-order valence-corrected chi connectivity index (χ2v) is 6.35. The smallest absolute Gasteiger partial charge is 0.439 e. The Kier molecular flexibility index (Phi) is 4.85. The molecule has 2 aromatic carbocycles. The molecular formula is C21H16N3O6+. The van der Waals surface area contributed by atoms with Crippen LogP contribution in [0, 0.1) is 0 Å². The fourth-order valence-electron chi connectivity index (χ4n) is 3.11. The molecule has 9 nitrogen and oxygen atoms in total. The van der Waals surface area contributed by atoms with E-state index in [4.69, 9.17) is 9.26 Å². The topological polar surface area (TPSA) is 122 Å². The van der Waals surface area contributed by atoms with Crippen molar-refractivity contribution in [2.24, 2.45) is 0 Å². The zero-order valence-electron chi connectivity index (χ0n) is 15.8. The third kappa shape index (κ3) is 3.32. The molecule has 2 heterocycles. The van der Waals surface area contributed by atoms with Crippen molar-refractivity contribution in [1.29, 1.82) is 0 Å². The highest BCUT2D eigenvalue weighted by Gasteiger charge is 2.32. The number of benzene rings is 2. The maximum atomic E-state index is 12.9. The number of fused-ring (bicyclic) bond motifs is 1. The molecule has 0 unspecified atom stereocenters. The van der Waals surface area contributed by atoms with Crippen molar-refractivity contribution in [2.75, 3.05) is 11.9 Å². The molecule has 1 amide bonds. The number of hydrogen-bond acceptors (Lipinski definition) is 6. The van der Waals surface area contributed by atoms with Gasteiger partial charge in [0.05, 0.1) is 17.7 Å². The van der Waals surface area contributed by atoms with Crippen molar-refractivity contribution in [3.63, 3.8) is 0 Å². The number of anilines is 1. The molecule has 0 saturated carbocycles. The molecule has 0 radical (unpaired) electrons. The van der Waals surface area contributed by atoms with Gasteiger partial charge in [0, 0.05) is 29.5 Å². The summed E-state index contributed by atoms with van der Waals surface area (Å²) in [6.45, 7) is 1.95. The number of esters is 1. The molecule has 150 valence electrons. The number of rotatable bonds is 5. The summed E-state index contributed by atoms with van der Waals surface area (Å²) in [6, 6.07) is 13.0. The van der Waals surface area contributed by atoms with Gasteiger partial charge < -0.3 is 10.1 Å². The molecule has 30 heavy (non-hydrogen) atoms. The summed E-state index contributed by atoms with van der Waals surface area (Å²) < 4.78 is 10.9. The number of nitrogens with zero attached hydrogens (tertiary/aromatic N) is 1.